The van der Waals surface area contributed by atoms with Crippen LogP contribution in [-0.2, 0) is 14.8 Å². The van der Waals surface area contributed by atoms with Gasteiger partial charge in [-0.05, 0) is 49.2 Å². The molecule has 168 valence electrons. The predicted molar refractivity (Wildman–Crippen MR) is 120 cm³/mol. The van der Waals surface area contributed by atoms with Gasteiger partial charge in [-0.15, -0.1) is 0 Å². The summed E-state index contributed by atoms with van der Waals surface area (Å²) in [4.78, 5) is 25.7. The van der Waals surface area contributed by atoms with Gasteiger partial charge in [-0.25, -0.2) is 12.7 Å². The van der Waals surface area contributed by atoms with E-state index in [1.165, 1.54) is 38.4 Å². The molecule has 0 spiro atoms. The highest BCUT2D eigenvalue weighted by Gasteiger charge is 2.26. The van der Waals surface area contributed by atoms with Crippen LogP contribution in [0.5, 0.6) is 5.75 Å². The van der Waals surface area contributed by atoms with E-state index in [9.17, 15) is 18.0 Å². The molecule has 2 rings (SSSR count). The lowest BCUT2D eigenvalue weighted by Gasteiger charge is -2.22. The summed E-state index contributed by atoms with van der Waals surface area (Å²) < 4.78 is 31.0. The minimum atomic E-state index is -3.56. The van der Waals surface area contributed by atoms with E-state index in [-0.39, 0.29) is 10.8 Å². The van der Waals surface area contributed by atoms with E-state index in [1.807, 2.05) is 20.8 Å². The Kier molecular flexibility index (Phi) is 8.18. The Bertz CT molecular complexity index is 1020. The number of rotatable bonds is 9. The number of amides is 2. The predicted octanol–water partition coefficient (Wildman–Crippen LogP) is 2.73. The highest BCUT2D eigenvalue weighted by atomic mass is 32.2. The van der Waals surface area contributed by atoms with Crippen LogP contribution in [0.15, 0.2) is 53.4 Å². The number of nitrogens with zero attached hydrogens (tertiary/aromatic N) is 1. The minimum absolute atomic E-state index is 0.122. The van der Waals surface area contributed by atoms with Gasteiger partial charge >= 0.3 is 0 Å². The number of benzene rings is 2. The van der Waals surface area contributed by atoms with Crippen LogP contribution < -0.4 is 15.4 Å². The first-order valence-corrected chi connectivity index (χ1v) is 11.4. The SMILES string of the molecule is CCOc1ccccc1C(=O)N[C@H](C(=O)Nc1ccc(S(=O)(=O)N(C)C)cc1)C(C)C. The molecule has 2 aromatic carbocycles. The normalized spacial score (nSPS) is 12.5. The maximum atomic E-state index is 12.8. The zero-order chi connectivity index (χ0) is 23.2. The van der Waals surface area contributed by atoms with E-state index in [1.54, 1.807) is 24.3 Å². The van der Waals surface area contributed by atoms with Gasteiger partial charge in [0.25, 0.3) is 5.91 Å². The van der Waals surface area contributed by atoms with Gasteiger partial charge in [-0.3, -0.25) is 9.59 Å². The van der Waals surface area contributed by atoms with Crippen LogP contribution in [0.1, 0.15) is 31.1 Å². The molecule has 0 aliphatic rings. The zero-order valence-electron chi connectivity index (χ0n) is 18.4. The Labute approximate surface area is 183 Å². The lowest BCUT2D eigenvalue weighted by Crippen LogP contribution is -2.47. The molecule has 0 radical (unpaired) electrons. The van der Waals surface area contributed by atoms with Crippen LogP contribution in [0, 0.1) is 5.92 Å². The van der Waals surface area contributed by atoms with Crippen molar-refractivity contribution in [1.82, 2.24) is 9.62 Å². The van der Waals surface area contributed by atoms with Crippen molar-refractivity contribution in [2.45, 2.75) is 31.7 Å². The van der Waals surface area contributed by atoms with Gasteiger partial charge < -0.3 is 15.4 Å². The van der Waals surface area contributed by atoms with E-state index in [4.69, 9.17) is 4.74 Å². The Morgan fingerprint density at radius 2 is 1.65 bits per heavy atom. The molecule has 0 aromatic heterocycles. The quantitative estimate of drug-likeness (QED) is 0.615. The summed E-state index contributed by atoms with van der Waals surface area (Å²) in [5.41, 5.74) is 0.776. The van der Waals surface area contributed by atoms with Crippen LogP contribution >= 0.6 is 0 Å². The second-order valence-electron chi connectivity index (χ2n) is 7.43. The molecule has 0 unspecified atom stereocenters. The molecule has 31 heavy (non-hydrogen) atoms. The number of ether oxygens (including phenoxy) is 1. The third-order valence-corrected chi connectivity index (χ3v) is 6.40. The Hall–Kier alpha value is -2.91. The second-order valence-corrected chi connectivity index (χ2v) is 9.58. The smallest absolute Gasteiger partial charge is 0.255 e. The number of sulfonamides is 1. The minimum Gasteiger partial charge on any atom is -0.493 e. The molecular weight excluding hydrogens is 418 g/mol. The molecule has 0 saturated carbocycles. The fraction of sp³-hybridized carbons (Fsp3) is 0.364. The molecule has 0 heterocycles. The summed E-state index contributed by atoms with van der Waals surface area (Å²) in [5.74, 6) is -0.550. The van der Waals surface area contributed by atoms with Gasteiger partial charge in [0.1, 0.15) is 11.8 Å². The molecule has 2 aromatic rings. The van der Waals surface area contributed by atoms with Crippen molar-refractivity contribution in [3.63, 3.8) is 0 Å². The molecule has 1 atom stereocenters. The van der Waals surface area contributed by atoms with Gasteiger partial charge in [0.2, 0.25) is 15.9 Å². The number of carbonyl (C=O) groups is 2. The highest BCUT2D eigenvalue weighted by molar-refractivity contribution is 7.89. The summed E-state index contributed by atoms with van der Waals surface area (Å²) in [6.07, 6.45) is 0. The highest BCUT2D eigenvalue weighted by Crippen LogP contribution is 2.20. The molecule has 2 N–H and O–H groups in total. The average molecular weight is 448 g/mol. The summed E-state index contributed by atoms with van der Waals surface area (Å²) in [6.45, 7) is 5.89. The summed E-state index contributed by atoms with van der Waals surface area (Å²) in [7, 11) is -0.657. The monoisotopic (exact) mass is 447 g/mol. The number of carbonyl (C=O) groups excluding carboxylic acids is 2. The molecule has 8 nitrogen and oxygen atoms in total. The molecule has 0 saturated heterocycles. The number of hydrogen-bond donors (Lipinski definition) is 2. The topological polar surface area (TPSA) is 105 Å². The third-order valence-electron chi connectivity index (χ3n) is 4.57. The molecular formula is C22H29N3O5S. The van der Waals surface area contributed by atoms with Crippen molar-refractivity contribution in [3.8, 4) is 5.75 Å². The van der Waals surface area contributed by atoms with Gasteiger partial charge in [0, 0.05) is 19.8 Å². The van der Waals surface area contributed by atoms with Crippen molar-refractivity contribution in [3.05, 3.63) is 54.1 Å². The molecule has 0 aliphatic heterocycles. The van der Waals surface area contributed by atoms with E-state index in [2.05, 4.69) is 10.6 Å². The van der Waals surface area contributed by atoms with E-state index in [0.717, 1.165) is 4.31 Å². The zero-order valence-corrected chi connectivity index (χ0v) is 19.2. The maximum absolute atomic E-state index is 12.8. The van der Waals surface area contributed by atoms with Crippen LogP contribution in [0.2, 0.25) is 0 Å². The first kappa shape index (κ1) is 24.4. The van der Waals surface area contributed by atoms with E-state index < -0.39 is 27.9 Å². The fourth-order valence-corrected chi connectivity index (χ4v) is 3.73. The summed E-state index contributed by atoms with van der Waals surface area (Å²) >= 11 is 0. The number of nitrogens with one attached hydrogen (secondary N) is 2. The Morgan fingerprint density at radius 1 is 1.03 bits per heavy atom. The Morgan fingerprint density at radius 3 is 2.19 bits per heavy atom. The number of hydrogen-bond acceptors (Lipinski definition) is 5. The van der Waals surface area contributed by atoms with Crippen LogP contribution in [0.25, 0.3) is 0 Å². The first-order valence-electron chi connectivity index (χ1n) is 9.94. The van der Waals surface area contributed by atoms with Gasteiger partial charge in [0.05, 0.1) is 17.1 Å². The first-order chi connectivity index (χ1) is 14.6. The standard InChI is InChI=1S/C22H29N3O5S/c1-6-30-19-10-8-7-9-18(19)21(26)24-20(15(2)3)22(27)23-16-11-13-17(14-12-16)31(28,29)25(4)5/h7-15,20H,6H2,1-5H3,(H,23,27)(H,24,26)/t20-/m0/s1. The average Bonchev–Trinajstić information content (AvgIpc) is 2.72. The van der Waals surface area contributed by atoms with Crippen molar-refractivity contribution in [2.24, 2.45) is 5.92 Å². The lowest BCUT2D eigenvalue weighted by atomic mass is 10.0. The van der Waals surface area contributed by atoms with Crippen molar-refractivity contribution >= 4 is 27.5 Å². The third kappa shape index (κ3) is 6.05. The second kappa shape index (κ2) is 10.4. The fourth-order valence-electron chi connectivity index (χ4n) is 2.83. The van der Waals surface area contributed by atoms with Crippen molar-refractivity contribution in [2.75, 3.05) is 26.0 Å². The van der Waals surface area contributed by atoms with Gasteiger partial charge in [-0.1, -0.05) is 26.0 Å². The maximum Gasteiger partial charge on any atom is 0.255 e. The van der Waals surface area contributed by atoms with Crippen LogP contribution in [0.3, 0.4) is 0 Å². The van der Waals surface area contributed by atoms with Crippen molar-refractivity contribution in [1.29, 1.82) is 0 Å². The van der Waals surface area contributed by atoms with Gasteiger partial charge in [-0.2, -0.15) is 0 Å². The van der Waals surface area contributed by atoms with Crippen LogP contribution in [-0.4, -0.2) is 51.3 Å². The molecule has 2 amide bonds. The van der Waals surface area contributed by atoms with E-state index in [0.29, 0.717) is 23.6 Å². The number of anilines is 1. The van der Waals surface area contributed by atoms with E-state index >= 15 is 0 Å². The lowest BCUT2D eigenvalue weighted by molar-refractivity contribution is -0.118. The molecule has 9 heteroatoms. The Balaban J connectivity index is 2.15. The molecule has 0 fully saturated rings. The summed E-state index contributed by atoms with van der Waals surface area (Å²) in [6, 6.07) is 11.9. The molecule has 0 bridgehead atoms. The van der Waals surface area contributed by atoms with Crippen LogP contribution in [0.4, 0.5) is 5.69 Å². The largest absolute Gasteiger partial charge is 0.493 e. The van der Waals surface area contributed by atoms with Gasteiger partial charge in [0.15, 0.2) is 0 Å². The summed E-state index contributed by atoms with van der Waals surface area (Å²) in [5, 5.41) is 5.50. The number of para-hydroxylation sites is 1. The molecule has 0 aliphatic carbocycles. The van der Waals surface area contributed by atoms with Crippen molar-refractivity contribution < 1.29 is 22.7 Å².